The van der Waals surface area contributed by atoms with Crippen molar-refractivity contribution in [3.63, 3.8) is 0 Å². The predicted molar refractivity (Wildman–Crippen MR) is 91.7 cm³/mol. The van der Waals surface area contributed by atoms with E-state index in [9.17, 15) is 14.9 Å². The van der Waals surface area contributed by atoms with Gasteiger partial charge in [-0.05, 0) is 13.0 Å². The highest BCUT2D eigenvalue weighted by Gasteiger charge is 2.18. The van der Waals surface area contributed by atoms with Gasteiger partial charge in [-0.2, -0.15) is 4.98 Å². The Morgan fingerprint density at radius 3 is 2.69 bits per heavy atom. The minimum Gasteiger partial charge on any atom is -0.452 e. The number of esters is 1. The first-order chi connectivity index (χ1) is 12.4. The smallest absolute Gasteiger partial charge is 0.340 e. The van der Waals surface area contributed by atoms with E-state index in [2.05, 4.69) is 10.1 Å². The molecule has 0 aliphatic rings. The molecule has 1 aromatic heterocycles. The van der Waals surface area contributed by atoms with Gasteiger partial charge in [-0.3, -0.25) is 10.1 Å². The molecule has 0 atom stereocenters. The Labute approximate surface area is 152 Å². The number of aryl methyl sites for hydroxylation is 1. The molecular formula is C17H12ClN3O5. The van der Waals surface area contributed by atoms with E-state index in [1.807, 2.05) is 31.2 Å². The second kappa shape index (κ2) is 7.32. The Bertz CT molecular complexity index is 969. The number of nitro groups is 1. The molecule has 0 unspecified atom stereocenters. The summed E-state index contributed by atoms with van der Waals surface area (Å²) in [5, 5.41) is 14.7. The number of hydrogen-bond acceptors (Lipinski definition) is 7. The zero-order valence-electron chi connectivity index (χ0n) is 13.5. The normalized spacial score (nSPS) is 10.5. The maximum atomic E-state index is 12.1. The first-order valence-electron chi connectivity index (χ1n) is 7.45. The second-order valence-corrected chi connectivity index (χ2v) is 5.78. The zero-order chi connectivity index (χ0) is 18.7. The number of benzene rings is 2. The van der Waals surface area contributed by atoms with Crippen molar-refractivity contribution in [1.82, 2.24) is 10.1 Å². The van der Waals surface area contributed by atoms with Gasteiger partial charge in [0.1, 0.15) is 0 Å². The van der Waals surface area contributed by atoms with E-state index in [-0.39, 0.29) is 28.8 Å². The number of nitro benzene ring substituents is 1. The highest BCUT2D eigenvalue weighted by molar-refractivity contribution is 6.33. The van der Waals surface area contributed by atoms with Crippen LogP contribution in [0.15, 0.2) is 47.0 Å². The predicted octanol–water partition coefficient (Wildman–Crippen LogP) is 3.96. The van der Waals surface area contributed by atoms with Gasteiger partial charge in [-0.15, -0.1) is 0 Å². The molecule has 0 bridgehead atoms. The van der Waals surface area contributed by atoms with Gasteiger partial charge in [-0.25, -0.2) is 4.79 Å². The van der Waals surface area contributed by atoms with Crippen LogP contribution in [-0.2, 0) is 11.3 Å². The Balaban J connectivity index is 1.70. The van der Waals surface area contributed by atoms with Crippen LogP contribution >= 0.6 is 11.6 Å². The van der Waals surface area contributed by atoms with Crippen LogP contribution in [0.5, 0.6) is 0 Å². The maximum absolute atomic E-state index is 12.1. The Kier molecular flexibility index (Phi) is 4.94. The van der Waals surface area contributed by atoms with Crippen LogP contribution in [0.25, 0.3) is 11.4 Å². The lowest BCUT2D eigenvalue weighted by atomic mass is 10.1. The molecule has 0 aliphatic carbocycles. The van der Waals surface area contributed by atoms with Crippen molar-refractivity contribution in [3.8, 4) is 11.4 Å². The lowest BCUT2D eigenvalue weighted by Gasteiger charge is -2.04. The first-order valence-corrected chi connectivity index (χ1v) is 7.82. The third-order valence-electron chi connectivity index (χ3n) is 3.49. The zero-order valence-corrected chi connectivity index (χ0v) is 14.3. The Morgan fingerprint density at radius 1 is 1.27 bits per heavy atom. The molecule has 0 N–H and O–H groups in total. The van der Waals surface area contributed by atoms with Crippen LogP contribution in [-0.4, -0.2) is 21.0 Å². The first kappa shape index (κ1) is 17.6. The Hall–Kier alpha value is -3.26. The summed E-state index contributed by atoms with van der Waals surface area (Å²) in [7, 11) is 0. The van der Waals surface area contributed by atoms with E-state index in [4.69, 9.17) is 20.9 Å². The topological polar surface area (TPSA) is 108 Å². The van der Waals surface area contributed by atoms with Gasteiger partial charge in [0, 0.05) is 17.7 Å². The molecule has 0 amide bonds. The molecule has 0 fully saturated rings. The van der Waals surface area contributed by atoms with Crippen molar-refractivity contribution in [3.05, 3.63) is 74.6 Å². The van der Waals surface area contributed by atoms with Crippen molar-refractivity contribution in [2.24, 2.45) is 0 Å². The second-order valence-electron chi connectivity index (χ2n) is 5.38. The van der Waals surface area contributed by atoms with Crippen LogP contribution in [0.1, 0.15) is 21.8 Å². The molecule has 0 saturated carbocycles. The monoisotopic (exact) mass is 373 g/mol. The number of aromatic nitrogens is 2. The van der Waals surface area contributed by atoms with Gasteiger partial charge in [0.25, 0.3) is 11.6 Å². The van der Waals surface area contributed by atoms with E-state index in [0.29, 0.717) is 5.82 Å². The van der Waals surface area contributed by atoms with Gasteiger partial charge < -0.3 is 9.26 Å². The fraction of sp³-hybridized carbons (Fsp3) is 0.118. The molecule has 2 aromatic carbocycles. The third-order valence-corrected chi connectivity index (χ3v) is 3.81. The fourth-order valence-electron chi connectivity index (χ4n) is 2.12. The largest absolute Gasteiger partial charge is 0.452 e. The molecule has 9 heteroatoms. The van der Waals surface area contributed by atoms with E-state index in [0.717, 1.165) is 17.2 Å². The summed E-state index contributed by atoms with van der Waals surface area (Å²) in [6.07, 6.45) is 0. The van der Waals surface area contributed by atoms with E-state index < -0.39 is 10.9 Å². The summed E-state index contributed by atoms with van der Waals surface area (Å²) >= 11 is 5.90. The van der Waals surface area contributed by atoms with Gasteiger partial charge in [0.2, 0.25) is 5.82 Å². The molecule has 0 spiro atoms. The number of carbonyl (C=O) groups is 1. The summed E-state index contributed by atoms with van der Waals surface area (Å²) in [4.78, 5) is 26.4. The van der Waals surface area contributed by atoms with Gasteiger partial charge in [0.15, 0.2) is 6.61 Å². The maximum Gasteiger partial charge on any atom is 0.340 e. The molecule has 0 radical (unpaired) electrons. The van der Waals surface area contributed by atoms with Crippen molar-refractivity contribution in [2.45, 2.75) is 13.5 Å². The molecule has 132 valence electrons. The van der Waals surface area contributed by atoms with Crippen molar-refractivity contribution in [2.75, 3.05) is 0 Å². The quantitative estimate of drug-likeness (QED) is 0.378. The lowest BCUT2D eigenvalue weighted by Crippen LogP contribution is -2.07. The van der Waals surface area contributed by atoms with Crippen LogP contribution in [0.2, 0.25) is 5.02 Å². The molecule has 0 saturated heterocycles. The number of nitrogens with zero attached hydrogens (tertiary/aromatic N) is 3. The van der Waals surface area contributed by atoms with E-state index >= 15 is 0 Å². The average Bonchev–Trinajstić information content (AvgIpc) is 3.09. The number of ether oxygens (including phenoxy) is 1. The number of non-ortho nitro benzene ring substituents is 1. The molecule has 3 rings (SSSR count). The molecule has 8 nitrogen and oxygen atoms in total. The standard InChI is InChI=1S/C17H12ClN3O5/c1-10-2-4-11(5-3-10)16-19-15(26-20-16)9-25-17(22)13-8-12(21(23)24)6-7-14(13)18/h2-8H,9H2,1H3. The van der Waals surface area contributed by atoms with E-state index in [1.54, 1.807) is 0 Å². The summed E-state index contributed by atoms with van der Waals surface area (Å²) in [5.74, 6) is -0.367. The number of rotatable bonds is 5. The molecule has 26 heavy (non-hydrogen) atoms. The average molecular weight is 374 g/mol. The van der Waals surface area contributed by atoms with Gasteiger partial charge in [-0.1, -0.05) is 46.6 Å². The van der Waals surface area contributed by atoms with E-state index in [1.165, 1.54) is 12.1 Å². The van der Waals surface area contributed by atoms with Crippen molar-refractivity contribution >= 4 is 23.3 Å². The highest BCUT2D eigenvalue weighted by Crippen LogP contribution is 2.23. The minimum absolute atomic E-state index is 0.0477. The fourth-order valence-corrected chi connectivity index (χ4v) is 2.32. The minimum atomic E-state index is -0.825. The van der Waals surface area contributed by atoms with Crippen molar-refractivity contribution < 1.29 is 19.0 Å². The van der Waals surface area contributed by atoms with Gasteiger partial charge >= 0.3 is 5.97 Å². The summed E-state index contributed by atoms with van der Waals surface area (Å²) < 4.78 is 10.1. The molecular weight excluding hydrogens is 362 g/mol. The lowest BCUT2D eigenvalue weighted by molar-refractivity contribution is -0.384. The van der Waals surface area contributed by atoms with Crippen LogP contribution < -0.4 is 0 Å². The molecule has 1 heterocycles. The number of carbonyl (C=O) groups excluding carboxylic acids is 1. The SMILES string of the molecule is Cc1ccc(-c2noc(COC(=O)c3cc([N+](=O)[O-])ccc3Cl)n2)cc1. The Morgan fingerprint density at radius 2 is 2.00 bits per heavy atom. The summed E-state index contributed by atoms with van der Waals surface area (Å²) in [5.41, 5.74) is 1.49. The summed E-state index contributed by atoms with van der Waals surface area (Å²) in [6.45, 7) is 1.68. The van der Waals surface area contributed by atoms with Crippen LogP contribution in [0.3, 0.4) is 0 Å². The number of halogens is 1. The third kappa shape index (κ3) is 3.86. The summed E-state index contributed by atoms with van der Waals surface area (Å²) in [6, 6.07) is 11.0. The number of hydrogen-bond donors (Lipinski definition) is 0. The molecule has 3 aromatic rings. The van der Waals surface area contributed by atoms with Crippen molar-refractivity contribution in [1.29, 1.82) is 0 Å². The van der Waals surface area contributed by atoms with Crippen LogP contribution in [0.4, 0.5) is 5.69 Å². The molecule has 0 aliphatic heterocycles. The van der Waals surface area contributed by atoms with Crippen LogP contribution in [0, 0.1) is 17.0 Å². The highest BCUT2D eigenvalue weighted by atomic mass is 35.5. The van der Waals surface area contributed by atoms with Gasteiger partial charge in [0.05, 0.1) is 15.5 Å².